The number of aliphatic hydroxyl groups is 2. The number of aromatic nitrogens is 1. The molecule has 4 heterocycles. The molecule has 9 atom stereocenters. The van der Waals surface area contributed by atoms with Gasteiger partial charge in [0.25, 0.3) is 0 Å². The zero-order valence-electron chi connectivity index (χ0n) is 34.9. The first kappa shape index (κ1) is 45.2. The third-order valence-corrected chi connectivity index (χ3v) is 11.6. The van der Waals surface area contributed by atoms with Crippen LogP contribution in [0.15, 0.2) is 60.8 Å². The molecule has 3 aromatic rings. The highest BCUT2D eigenvalue weighted by molar-refractivity contribution is 5.99. The molecule has 19 heteroatoms. The van der Waals surface area contributed by atoms with Crippen LogP contribution in [0.25, 0.3) is 10.9 Å². The van der Waals surface area contributed by atoms with Crippen molar-refractivity contribution in [3.8, 4) is 0 Å². The van der Waals surface area contributed by atoms with Gasteiger partial charge in [-0.1, -0.05) is 48.5 Å². The molecule has 0 spiro atoms. The van der Waals surface area contributed by atoms with Crippen molar-refractivity contribution >= 4 is 58.2 Å². The molecule has 0 bridgehead atoms. The molecule has 3 aliphatic heterocycles. The largest absolute Gasteiger partial charge is 0.391 e. The Morgan fingerprint density at radius 1 is 0.629 bits per heavy atom. The van der Waals surface area contributed by atoms with Gasteiger partial charge < -0.3 is 56.9 Å². The van der Waals surface area contributed by atoms with Gasteiger partial charge >= 0.3 is 0 Å². The number of para-hydroxylation sites is 1. The smallest absolute Gasteiger partial charge is 0.248 e. The molecule has 0 saturated carbocycles. The molecule has 8 amide bonds. The van der Waals surface area contributed by atoms with Crippen LogP contribution in [0.3, 0.4) is 0 Å². The third kappa shape index (κ3) is 10.6. The maximum absolute atomic E-state index is 14.5. The number of aromatic amines is 1. The summed E-state index contributed by atoms with van der Waals surface area (Å²) in [6, 6.07) is 6.98. The fourth-order valence-electron chi connectivity index (χ4n) is 8.26. The standard InChI is InChI=1S/C43H55N9O10/c1-23-37(56)45-22-34(55)47-30(19-26-11-5-4-6-12-26)38(57)49-35(24(2)53)41(60)50-36(25(3)54)43(62)52-18-10-16-33(52)40(59)48-31(20-27-21-44-29-14-8-7-13-28(27)29)42(61)51-17-9-15-32(51)39(58)46-23/h4-8,11-14,21,23-25,30-33,35-36,44,53-54H,9-10,15-20,22H2,1-3H3,(H,45,56)(H,46,58)(H,47,55)(H,48,59)(H,49,57)(H,50,60)/t23-,24+,25+,30-,31-,32-,33-,35-,36-/m0/s1. The summed E-state index contributed by atoms with van der Waals surface area (Å²) in [6.45, 7) is 3.58. The highest BCUT2D eigenvalue weighted by atomic mass is 16.3. The Hall–Kier alpha value is -6.34. The lowest BCUT2D eigenvalue weighted by Crippen LogP contribution is -2.63. The Bertz CT molecular complexity index is 2160. The number of carbonyl (C=O) groups excluding carboxylic acids is 8. The van der Waals surface area contributed by atoms with Crippen LogP contribution in [0.4, 0.5) is 0 Å². The Morgan fingerprint density at radius 3 is 1.89 bits per heavy atom. The van der Waals surface area contributed by atoms with Crippen molar-refractivity contribution in [2.24, 2.45) is 0 Å². The molecule has 3 saturated heterocycles. The highest BCUT2D eigenvalue weighted by Crippen LogP contribution is 2.25. The van der Waals surface area contributed by atoms with Crippen LogP contribution < -0.4 is 31.9 Å². The van der Waals surface area contributed by atoms with Crippen molar-refractivity contribution < 1.29 is 48.6 Å². The maximum Gasteiger partial charge on any atom is 0.248 e. The monoisotopic (exact) mass is 857 g/mol. The van der Waals surface area contributed by atoms with Crippen molar-refractivity contribution in [3.63, 3.8) is 0 Å². The van der Waals surface area contributed by atoms with E-state index in [-0.39, 0.29) is 38.8 Å². The SMILES string of the molecule is C[C@@H]1NC(=O)[C@@H]2CCCN2C(=O)[C@H](Cc2c[nH]c3ccccc23)NC(=O)[C@@H]2CCCN2C(=O)[C@H]([C@@H](C)O)NC(=O)[C@H]([C@@H](C)O)NC(=O)[C@H](Cc2ccccc2)NC(=O)CNC1=O. The molecule has 3 fully saturated rings. The van der Waals surface area contributed by atoms with E-state index in [1.807, 2.05) is 24.3 Å². The molecule has 2 aromatic carbocycles. The number of fused-ring (bicyclic) bond motifs is 3. The summed E-state index contributed by atoms with van der Waals surface area (Å²) in [4.78, 5) is 117. The molecule has 0 unspecified atom stereocenters. The Balaban J connectivity index is 1.32. The molecule has 0 aliphatic carbocycles. The summed E-state index contributed by atoms with van der Waals surface area (Å²) >= 11 is 0. The van der Waals surface area contributed by atoms with Gasteiger partial charge in [-0.25, -0.2) is 0 Å². The van der Waals surface area contributed by atoms with Crippen LogP contribution in [-0.4, -0.2) is 146 Å². The lowest BCUT2D eigenvalue weighted by molar-refractivity contribution is -0.146. The number of hydrogen-bond acceptors (Lipinski definition) is 10. The summed E-state index contributed by atoms with van der Waals surface area (Å²) in [5.41, 5.74) is 2.15. The minimum atomic E-state index is -1.68. The normalized spacial score (nSPS) is 27.5. The van der Waals surface area contributed by atoms with Gasteiger partial charge in [-0.05, 0) is 63.6 Å². The molecule has 6 rings (SSSR count). The van der Waals surface area contributed by atoms with Gasteiger partial charge in [0.1, 0.15) is 42.3 Å². The Labute approximate surface area is 358 Å². The van der Waals surface area contributed by atoms with Gasteiger partial charge in [0.15, 0.2) is 0 Å². The van der Waals surface area contributed by atoms with E-state index in [4.69, 9.17) is 0 Å². The summed E-state index contributed by atoms with van der Waals surface area (Å²) in [6.07, 6.45) is -0.0165. The van der Waals surface area contributed by atoms with E-state index in [0.717, 1.165) is 10.9 Å². The zero-order valence-corrected chi connectivity index (χ0v) is 34.9. The molecular weight excluding hydrogens is 803 g/mol. The van der Waals surface area contributed by atoms with Crippen LogP contribution in [0.1, 0.15) is 57.6 Å². The van der Waals surface area contributed by atoms with E-state index in [1.165, 1.54) is 30.6 Å². The molecule has 9 N–H and O–H groups in total. The number of benzene rings is 2. The minimum absolute atomic E-state index is 0.0198. The molecule has 1 aromatic heterocycles. The lowest BCUT2D eigenvalue weighted by Gasteiger charge is -2.33. The second-order valence-corrected chi connectivity index (χ2v) is 16.2. The van der Waals surface area contributed by atoms with E-state index < -0.39 is 108 Å². The van der Waals surface area contributed by atoms with Gasteiger partial charge in [-0.3, -0.25) is 38.4 Å². The number of amides is 8. The third-order valence-electron chi connectivity index (χ3n) is 11.6. The number of hydrogen-bond donors (Lipinski definition) is 9. The highest BCUT2D eigenvalue weighted by Gasteiger charge is 2.43. The van der Waals surface area contributed by atoms with Crippen LogP contribution in [0.5, 0.6) is 0 Å². The van der Waals surface area contributed by atoms with Gasteiger partial charge in [0, 0.05) is 43.0 Å². The predicted molar refractivity (Wildman–Crippen MR) is 223 cm³/mol. The second-order valence-electron chi connectivity index (χ2n) is 16.2. The summed E-state index contributed by atoms with van der Waals surface area (Å²) in [7, 11) is 0. The van der Waals surface area contributed by atoms with Gasteiger partial charge in [-0.2, -0.15) is 0 Å². The number of rotatable bonds is 6. The van der Waals surface area contributed by atoms with Gasteiger partial charge in [-0.15, -0.1) is 0 Å². The fraction of sp³-hybridized carbons (Fsp3) is 0.488. The summed E-state index contributed by atoms with van der Waals surface area (Å²) in [5, 5.41) is 37.8. The molecular formula is C43H55N9O10. The maximum atomic E-state index is 14.5. The number of nitrogens with zero attached hydrogens (tertiary/aromatic N) is 2. The van der Waals surface area contributed by atoms with Crippen LogP contribution >= 0.6 is 0 Å². The molecule has 62 heavy (non-hydrogen) atoms. The van der Waals surface area contributed by atoms with Crippen LogP contribution in [0, 0.1) is 0 Å². The Morgan fingerprint density at radius 2 is 1.23 bits per heavy atom. The number of H-pyrrole nitrogens is 1. The zero-order chi connectivity index (χ0) is 44.7. The molecule has 3 aliphatic rings. The molecule has 332 valence electrons. The van der Waals surface area contributed by atoms with Crippen LogP contribution in [0.2, 0.25) is 0 Å². The first-order valence-corrected chi connectivity index (χ1v) is 21.0. The first-order chi connectivity index (χ1) is 29.6. The van der Waals surface area contributed by atoms with E-state index in [1.54, 1.807) is 36.5 Å². The number of aliphatic hydroxyl groups excluding tert-OH is 2. The summed E-state index contributed by atoms with van der Waals surface area (Å²) in [5.74, 6) is -6.04. The van der Waals surface area contributed by atoms with E-state index in [0.29, 0.717) is 24.0 Å². The van der Waals surface area contributed by atoms with Crippen molar-refractivity contribution in [2.75, 3.05) is 19.6 Å². The second kappa shape index (κ2) is 20.0. The van der Waals surface area contributed by atoms with E-state index in [2.05, 4.69) is 36.9 Å². The molecule has 19 nitrogen and oxygen atoms in total. The topological polar surface area (TPSA) is 271 Å². The average Bonchev–Trinajstić information content (AvgIpc) is 4.03. The number of carbonyl (C=O) groups is 8. The average molecular weight is 858 g/mol. The van der Waals surface area contributed by atoms with Crippen molar-refractivity contribution in [3.05, 3.63) is 71.9 Å². The molecule has 0 radical (unpaired) electrons. The number of nitrogens with one attached hydrogen (secondary N) is 7. The van der Waals surface area contributed by atoms with E-state index >= 15 is 0 Å². The van der Waals surface area contributed by atoms with E-state index in [9.17, 15) is 48.6 Å². The van der Waals surface area contributed by atoms with Crippen LogP contribution in [-0.2, 0) is 51.2 Å². The quantitative estimate of drug-likeness (QED) is 0.135. The predicted octanol–water partition coefficient (Wildman–Crippen LogP) is -1.73. The Kier molecular flexibility index (Phi) is 14.6. The lowest BCUT2D eigenvalue weighted by atomic mass is 10.0. The van der Waals surface area contributed by atoms with Crippen molar-refractivity contribution in [1.82, 2.24) is 46.7 Å². The first-order valence-electron chi connectivity index (χ1n) is 21.0. The minimum Gasteiger partial charge on any atom is -0.391 e. The van der Waals surface area contributed by atoms with Crippen molar-refractivity contribution in [2.45, 2.75) is 114 Å². The van der Waals surface area contributed by atoms with Gasteiger partial charge in [0.2, 0.25) is 47.3 Å². The fourth-order valence-corrected chi connectivity index (χ4v) is 8.26. The van der Waals surface area contributed by atoms with Gasteiger partial charge in [0.05, 0.1) is 18.8 Å². The van der Waals surface area contributed by atoms with Crippen molar-refractivity contribution in [1.29, 1.82) is 0 Å². The summed E-state index contributed by atoms with van der Waals surface area (Å²) < 4.78 is 0.